The molecule has 1 aromatic rings. The number of ether oxygens (including phenoxy) is 2. The Morgan fingerprint density at radius 1 is 1.35 bits per heavy atom. The number of nitrogens with zero attached hydrogens (tertiary/aromatic N) is 1. The number of esters is 2. The first kappa shape index (κ1) is 13.2. The van der Waals surface area contributed by atoms with Crippen molar-refractivity contribution in [2.75, 3.05) is 13.7 Å². The molecule has 1 rings (SSSR count). The second-order valence-corrected chi connectivity index (χ2v) is 3.52. The largest absolute Gasteiger partial charge is 0.466 e. The summed E-state index contributed by atoms with van der Waals surface area (Å²) >= 11 is 0. The van der Waals surface area contributed by atoms with Gasteiger partial charge in [0.15, 0.2) is 0 Å². The molecule has 0 saturated heterocycles. The fraction of sp³-hybridized carbons (Fsp3) is 0.417. The van der Waals surface area contributed by atoms with Crippen molar-refractivity contribution in [3.8, 4) is 0 Å². The molecule has 0 radical (unpaired) electrons. The number of aryl methyl sites for hydroxylation is 1. The van der Waals surface area contributed by atoms with Gasteiger partial charge in [-0.2, -0.15) is 0 Å². The Morgan fingerprint density at radius 2 is 2.12 bits per heavy atom. The summed E-state index contributed by atoms with van der Waals surface area (Å²) in [5.41, 5.74) is 1.34. The van der Waals surface area contributed by atoms with Crippen LogP contribution in [0, 0.1) is 0 Å². The van der Waals surface area contributed by atoms with Crippen LogP contribution >= 0.6 is 0 Å². The molecule has 0 aliphatic carbocycles. The SMILES string of the molecule is COC(=O)c1cncc(CCCOC(C)=O)c1. The summed E-state index contributed by atoms with van der Waals surface area (Å²) in [5.74, 6) is -0.689. The first-order valence-electron chi connectivity index (χ1n) is 5.29. The van der Waals surface area contributed by atoms with Crippen molar-refractivity contribution in [2.24, 2.45) is 0 Å². The molecule has 0 N–H and O–H groups in total. The Hall–Kier alpha value is -1.91. The molecule has 0 fully saturated rings. The lowest BCUT2D eigenvalue weighted by Crippen LogP contribution is -2.04. The van der Waals surface area contributed by atoms with Crippen LogP contribution in [0.3, 0.4) is 0 Å². The zero-order valence-electron chi connectivity index (χ0n) is 9.93. The molecule has 0 aliphatic heterocycles. The summed E-state index contributed by atoms with van der Waals surface area (Å²) in [5, 5.41) is 0. The molecule has 0 amide bonds. The highest BCUT2D eigenvalue weighted by Crippen LogP contribution is 2.06. The topological polar surface area (TPSA) is 65.5 Å². The van der Waals surface area contributed by atoms with Gasteiger partial charge in [-0.15, -0.1) is 0 Å². The minimum Gasteiger partial charge on any atom is -0.466 e. The van der Waals surface area contributed by atoms with Crippen molar-refractivity contribution in [1.82, 2.24) is 4.98 Å². The Bertz CT molecular complexity index is 403. The summed E-state index contributed by atoms with van der Waals surface area (Å²) in [6.45, 7) is 1.75. The van der Waals surface area contributed by atoms with Crippen LogP contribution in [0.4, 0.5) is 0 Å². The Labute approximate surface area is 99.8 Å². The molecule has 0 saturated carbocycles. The molecule has 1 aromatic heterocycles. The number of hydrogen-bond donors (Lipinski definition) is 0. The van der Waals surface area contributed by atoms with Gasteiger partial charge in [-0.25, -0.2) is 4.79 Å². The van der Waals surface area contributed by atoms with Crippen LogP contribution in [0.25, 0.3) is 0 Å². The molecular weight excluding hydrogens is 222 g/mol. The first-order chi connectivity index (χ1) is 8.13. The van der Waals surface area contributed by atoms with Gasteiger partial charge in [0.1, 0.15) is 0 Å². The van der Waals surface area contributed by atoms with E-state index in [1.165, 1.54) is 20.2 Å². The monoisotopic (exact) mass is 237 g/mol. The molecule has 0 atom stereocenters. The van der Waals surface area contributed by atoms with E-state index in [1.54, 1.807) is 12.3 Å². The van der Waals surface area contributed by atoms with E-state index in [-0.39, 0.29) is 5.97 Å². The van der Waals surface area contributed by atoms with Gasteiger partial charge < -0.3 is 9.47 Å². The normalized spacial score (nSPS) is 9.76. The van der Waals surface area contributed by atoms with Crippen LogP contribution in [-0.2, 0) is 20.7 Å². The number of carbonyl (C=O) groups is 2. The van der Waals surface area contributed by atoms with E-state index in [2.05, 4.69) is 9.72 Å². The molecule has 92 valence electrons. The van der Waals surface area contributed by atoms with Crippen LogP contribution in [0.15, 0.2) is 18.5 Å². The van der Waals surface area contributed by atoms with Gasteiger partial charge in [-0.3, -0.25) is 9.78 Å². The third-order valence-electron chi connectivity index (χ3n) is 2.13. The van der Waals surface area contributed by atoms with Gasteiger partial charge in [0.05, 0.1) is 19.3 Å². The van der Waals surface area contributed by atoms with Crippen molar-refractivity contribution in [3.63, 3.8) is 0 Å². The number of pyridine rings is 1. The lowest BCUT2D eigenvalue weighted by molar-refractivity contribution is -0.141. The molecular formula is C12H15NO4. The molecule has 0 bridgehead atoms. The van der Waals surface area contributed by atoms with Gasteiger partial charge in [-0.1, -0.05) is 0 Å². The number of methoxy groups -OCH3 is 1. The molecule has 0 spiro atoms. The van der Waals surface area contributed by atoms with Crippen molar-refractivity contribution < 1.29 is 19.1 Å². The van der Waals surface area contributed by atoms with Crippen LogP contribution in [0.5, 0.6) is 0 Å². The average molecular weight is 237 g/mol. The highest BCUT2D eigenvalue weighted by Gasteiger charge is 2.06. The molecule has 17 heavy (non-hydrogen) atoms. The van der Waals surface area contributed by atoms with E-state index < -0.39 is 5.97 Å². The van der Waals surface area contributed by atoms with E-state index in [0.717, 1.165) is 5.56 Å². The number of aromatic nitrogens is 1. The van der Waals surface area contributed by atoms with E-state index in [1.807, 2.05) is 0 Å². The fourth-order valence-corrected chi connectivity index (χ4v) is 1.35. The summed E-state index contributed by atoms with van der Waals surface area (Å²) in [6.07, 6.45) is 4.54. The second-order valence-electron chi connectivity index (χ2n) is 3.52. The van der Waals surface area contributed by atoms with Crippen LogP contribution < -0.4 is 0 Å². The van der Waals surface area contributed by atoms with Gasteiger partial charge in [-0.05, 0) is 24.5 Å². The highest BCUT2D eigenvalue weighted by molar-refractivity contribution is 5.89. The summed E-state index contributed by atoms with van der Waals surface area (Å²) < 4.78 is 9.41. The maximum Gasteiger partial charge on any atom is 0.339 e. The summed E-state index contributed by atoms with van der Waals surface area (Å²) in [4.78, 5) is 25.8. The predicted octanol–water partition coefficient (Wildman–Crippen LogP) is 1.36. The first-order valence-corrected chi connectivity index (χ1v) is 5.29. The second kappa shape index (κ2) is 6.62. The standard InChI is InChI=1S/C12H15NO4/c1-9(14)17-5-3-4-10-6-11(8-13-7-10)12(15)16-2/h6-8H,3-5H2,1-2H3. The third-order valence-corrected chi connectivity index (χ3v) is 2.13. The van der Waals surface area contributed by atoms with Gasteiger partial charge >= 0.3 is 11.9 Å². The van der Waals surface area contributed by atoms with E-state index in [4.69, 9.17) is 4.74 Å². The van der Waals surface area contributed by atoms with Crippen LogP contribution in [-0.4, -0.2) is 30.6 Å². The lowest BCUT2D eigenvalue weighted by atomic mass is 10.1. The van der Waals surface area contributed by atoms with Gasteiger partial charge in [0, 0.05) is 19.3 Å². The molecule has 1 heterocycles. The van der Waals surface area contributed by atoms with Crippen molar-refractivity contribution in [3.05, 3.63) is 29.6 Å². The summed E-state index contributed by atoms with van der Waals surface area (Å²) in [6, 6.07) is 1.73. The van der Waals surface area contributed by atoms with Crippen molar-refractivity contribution in [1.29, 1.82) is 0 Å². The Balaban J connectivity index is 2.48. The Kier molecular flexibility index (Phi) is 5.13. The Morgan fingerprint density at radius 3 is 2.76 bits per heavy atom. The maximum atomic E-state index is 11.3. The molecule has 0 aromatic carbocycles. The van der Waals surface area contributed by atoms with Crippen LogP contribution in [0.1, 0.15) is 29.3 Å². The third kappa shape index (κ3) is 4.63. The van der Waals surface area contributed by atoms with Crippen LogP contribution in [0.2, 0.25) is 0 Å². The minimum absolute atomic E-state index is 0.286. The van der Waals surface area contributed by atoms with Gasteiger partial charge in [0.25, 0.3) is 0 Å². The lowest BCUT2D eigenvalue weighted by Gasteiger charge is -2.04. The number of rotatable bonds is 5. The molecule has 0 unspecified atom stereocenters. The quantitative estimate of drug-likeness (QED) is 0.571. The van der Waals surface area contributed by atoms with Gasteiger partial charge in [0.2, 0.25) is 0 Å². The minimum atomic E-state index is -0.403. The highest BCUT2D eigenvalue weighted by atomic mass is 16.5. The number of carbonyl (C=O) groups excluding carboxylic acids is 2. The molecule has 5 heteroatoms. The van der Waals surface area contributed by atoms with Crippen molar-refractivity contribution >= 4 is 11.9 Å². The fourth-order valence-electron chi connectivity index (χ4n) is 1.35. The maximum absolute atomic E-state index is 11.3. The van der Waals surface area contributed by atoms with E-state index in [9.17, 15) is 9.59 Å². The predicted molar refractivity (Wildman–Crippen MR) is 60.5 cm³/mol. The zero-order valence-corrected chi connectivity index (χ0v) is 9.93. The molecule has 5 nitrogen and oxygen atoms in total. The zero-order chi connectivity index (χ0) is 12.7. The molecule has 0 aliphatic rings. The average Bonchev–Trinajstić information content (AvgIpc) is 2.34. The smallest absolute Gasteiger partial charge is 0.339 e. The van der Waals surface area contributed by atoms with E-state index in [0.29, 0.717) is 25.0 Å². The summed E-state index contributed by atoms with van der Waals surface area (Å²) in [7, 11) is 1.33. The van der Waals surface area contributed by atoms with E-state index >= 15 is 0 Å². The number of hydrogen-bond acceptors (Lipinski definition) is 5. The van der Waals surface area contributed by atoms with Crippen molar-refractivity contribution in [2.45, 2.75) is 19.8 Å².